The van der Waals surface area contributed by atoms with Crippen LogP contribution >= 0.6 is 0 Å². The van der Waals surface area contributed by atoms with Crippen molar-refractivity contribution in [1.82, 2.24) is 30.4 Å². The first-order valence-corrected chi connectivity index (χ1v) is 11.2. The number of hydrogen-bond acceptors (Lipinski definition) is 9. The van der Waals surface area contributed by atoms with Crippen molar-refractivity contribution >= 4 is 17.5 Å². The van der Waals surface area contributed by atoms with Crippen LogP contribution in [-0.4, -0.2) is 64.7 Å². The fraction of sp³-hybridized carbons (Fsp3) is 0.435. The molecule has 2 aromatic heterocycles. The molecule has 0 saturated carbocycles. The van der Waals surface area contributed by atoms with E-state index in [1.807, 2.05) is 43.3 Å². The molecule has 33 heavy (non-hydrogen) atoms. The quantitative estimate of drug-likeness (QED) is 0.598. The number of carbonyl (C=O) groups is 1. The molecule has 10 nitrogen and oxygen atoms in total. The molecule has 0 radical (unpaired) electrons. The third-order valence-electron chi connectivity index (χ3n) is 6.77. The van der Waals surface area contributed by atoms with Gasteiger partial charge in [0.15, 0.2) is 11.5 Å². The van der Waals surface area contributed by atoms with Crippen LogP contribution in [0.25, 0.3) is 23.0 Å². The Kier molecular flexibility index (Phi) is 5.45. The van der Waals surface area contributed by atoms with Crippen LogP contribution in [0.15, 0.2) is 34.9 Å². The molecule has 2 aliphatic rings. The smallest absolute Gasteiger partial charge is 0.270 e. The minimum atomic E-state index is -0.223. The number of amides is 1. The van der Waals surface area contributed by atoms with E-state index >= 15 is 0 Å². The molecule has 2 aliphatic heterocycles. The Balaban J connectivity index is 0.00000152. The van der Waals surface area contributed by atoms with Crippen LogP contribution in [0.2, 0.25) is 0 Å². The molecule has 10 heteroatoms. The Hall–Kier alpha value is -3.53. The van der Waals surface area contributed by atoms with E-state index in [9.17, 15) is 4.79 Å². The predicted molar refractivity (Wildman–Crippen MR) is 130 cm³/mol. The first-order chi connectivity index (χ1) is 16.0. The Bertz CT molecular complexity index is 1170. The molecule has 4 heterocycles. The topological polar surface area (TPSA) is 126 Å². The second-order valence-corrected chi connectivity index (χ2v) is 8.85. The number of aromatic nitrogens is 4. The Morgan fingerprint density at radius 1 is 1.12 bits per heavy atom. The van der Waals surface area contributed by atoms with Crippen molar-refractivity contribution in [2.24, 2.45) is 5.41 Å². The van der Waals surface area contributed by atoms with Gasteiger partial charge in [0.2, 0.25) is 11.8 Å². The number of nitrogen functional groups attached to an aromatic ring is 1. The third-order valence-corrected chi connectivity index (χ3v) is 6.77. The Morgan fingerprint density at radius 2 is 1.82 bits per heavy atom. The van der Waals surface area contributed by atoms with Gasteiger partial charge >= 0.3 is 0 Å². The van der Waals surface area contributed by atoms with Gasteiger partial charge in [-0.15, -0.1) is 10.2 Å². The average Bonchev–Trinajstić information content (AvgIpc) is 3.43. The first kappa shape index (κ1) is 21.3. The standard InChI is InChI=1S/C23H28N8O2.3H2/c1-25-13-15-3-5-16(6-4-15)20-28-29-21(33-20)18-19(24)26-14-17(27-18)31-11-8-23(9-12-31)7-10-30(2)22(23)32;;;/h3-6,14,25H,7-13H2,1-2H3,(H2,24,26);3*1H. The van der Waals surface area contributed by atoms with Crippen LogP contribution in [0.5, 0.6) is 0 Å². The minimum absolute atomic E-state index is 0. The van der Waals surface area contributed by atoms with Gasteiger partial charge in [0.05, 0.1) is 11.6 Å². The van der Waals surface area contributed by atoms with Crippen molar-refractivity contribution in [1.29, 1.82) is 0 Å². The number of likely N-dealkylation sites (tertiary alicyclic amines) is 1. The van der Waals surface area contributed by atoms with Crippen LogP contribution in [0.3, 0.4) is 0 Å². The summed E-state index contributed by atoms with van der Waals surface area (Å²) in [5, 5.41) is 11.5. The summed E-state index contributed by atoms with van der Waals surface area (Å²) in [6.07, 6.45) is 4.21. The molecule has 0 unspecified atom stereocenters. The summed E-state index contributed by atoms with van der Waals surface area (Å²) in [4.78, 5) is 25.6. The van der Waals surface area contributed by atoms with Crippen molar-refractivity contribution in [3.8, 4) is 23.0 Å². The van der Waals surface area contributed by atoms with Crippen LogP contribution in [0, 0.1) is 5.41 Å². The van der Waals surface area contributed by atoms with E-state index < -0.39 is 0 Å². The van der Waals surface area contributed by atoms with Gasteiger partial charge in [-0.25, -0.2) is 9.97 Å². The molecule has 2 fully saturated rings. The molecular formula is C23H34N8O2. The van der Waals surface area contributed by atoms with E-state index in [1.165, 1.54) is 0 Å². The van der Waals surface area contributed by atoms with Gasteiger partial charge in [0.1, 0.15) is 5.82 Å². The van der Waals surface area contributed by atoms with Gasteiger partial charge in [-0.05, 0) is 44.0 Å². The molecule has 0 bridgehead atoms. The van der Waals surface area contributed by atoms with Crippen molar-refractivity contribution < 1.29 is 13.5 Å². The highest BCUT2D eigenvalue weighted by Crippen LogP contribution is 2.41. The fourth-order valence-electron chi connectivity index (χ4n) is 4.73. The molecular weight excluding hydrogens is 420 g/mol. The molecule has 1 amide bonds. The number of nitrogens with one attached hydrogen (secondary N) is 1. The molecule has 2 saturated heterocycles. The monoisotopic (exact) mass is 454 g/mol. The van der Waals surface area contributed by atoms with E-state index in [1.54, 1.807) is 6.20 Å². The number of hydrogen-bond donors (Lipinski definition) is 2. The van der Waals surface area contributed by atoms with Crippen LogP contribution < -0.4 is 16.0 Å². The molecule has 1 aromatic carbocycles. The van der Waals surface area contributed by atoms with E-state index in [0.29, 0.717) is 17.4 Å². The fourth-order valence-corrected chi connectivity index (χ4v) is 4.73. The Labute approximate surface area is 196 Å². The van der Waals surface area contributed by atoms with Gasteiger partial charge in [0.25, 0.3) is 5.89 Å². The van der Waals surface area contributed by atoms with E-state index in [0.717, 1.165) is 56.6 Å². The molecule has 178 valence electrons. The molecule has 3 aromatic rings. The number of rotatable bonds is 5. The maximum absolute atomic E-state index is 12.6. The van der Waals surface area contributed by atoms with Crippen LogP contribution in [0.1, 0.15) is 29.1 Å². The summed E-state index contributed by atoms with van der Waals surface area (Å²) in [5.41, 5.74) is 8.24. The first-order valence-electron chi connectivity index (χ1n) is 11.2. The number of piperidine rings is 1. The van der Waals surface area contributed by atoms with Crippen molar-refractivity contribution in [3.63, 3.8) is 0 Å². The van der Waals surface area contributed by atoms with Crippen molar-refractivity contribution in [3.05, 3.63) is 36.0 Å². The van der Waals surface area contributed by atoms with E-state index in [4.69, 9.17) is 15.1 Å². The van der Waals surface area contributed by atoms with Crippen LogP contribution in [0.4, 0.5) is 11.6 Å². The van der Waals surface area contributed by atoms with Gasteiger partial charge in [-0.2, -0.15) is 0 Å². The maximum atomic E-state index is 12.6. The normalized spacial score (nSPS) is 17.8. The number of nitrogens with zero attached hydrogens (tertiary/aromatic N) is 6. The second-order valence-electron chi connectivity index (χ2n) is 8.85. The zero-order valence-corrected chi connectivity index (χ0v) is 18.9. The van der Waals surface area contributed by atoms with Gasteiger partial charge < -0.3 is 25.3 Å². The van der Waals surface area contributed by atoms with Crippen molar-refractivity contribution in [2.75, 3.05) is 44.4 Å². The molecule has 5 rings (SSSR count). The Morgan fingerprint density at radius 3 is 2.48 bits per heavy atom. The van der Waals surface area contributed by atoms with Gasteiger partial charge in [-0.1, -0.05) is 12.1 Å². The highest BCUT2D eigenvalue weighted by atomic mass is 16.4. The van der Waals surface area contributed by atoms with Gasteiger partial charge in [0, 0.05) is 43.1 Å². The maximum Gasteiger partial charge on any atom is 0.270 e. The van der Waals surface area contributed by atoms with Gasteiger partial charge in [-0.3, -0.25) is 4.79 Å². The number of nitrogens with two attached hydrogens (primary N) is 1. The summed E-state index contributed by atoms with van der Waals surface area (Å²) >= 11 is 0. The summed E-state index contributed by atoms with van der Waals surface area (Å²) in [6, 6.07) is 7.92. The molecule has 3 N–H and O–H groups in total. The minimum Gasteiger partial charge on any atom is -0.414 e. The molecule has 1 spiro atoms. The molecule has 0 aliphatic carbocycles. The summed E-state index contributed by atoms with van der Waals surface area (Å²) < 4.78 is 5.89. The largest absolute Gasteiger partial charge is 0.414 e. The summed E-state index contributed by atoms with van der Waals surface area (Å²) in [6.45, 7) is 3.11. The zero-order chi connectivity index (χ0) is 23.0. The average molecular weight is 455 g/mol. The SMILES string of the molecule is CNCc1ccc(-c2nnc(-c3nc(N4CCC5(CCN(C)C5=O)CC4)cnc3N)o2)cc1.[HH].[HH].[HH]. The highest BCUT2D eigenvalue weighted by Gasteiger charge is 2.47. The number of anilines is 2. The lowest BCUT2D eigenvalue weighted by molar-refractivity contribution is -0.135. The summed E-state index contributed by atoms with van der Waals surface area (Å²) in [7, 11) is 3.79. The number of carbonyl (C=O) groups excluding carboxylic acids is 1. The molecule has 0 atom stereocenters. The van der Waals surface area contributed by atoms with E-state index in [-0.39, 0.29) is 27.3 Å². The zero-order valence-electron chi connectivity index (χ0n) is 18.9. The third kappa shape index (κ3) is 3.91. The van der Waals surface area contributed by atoms with Crippen LogP contribution in [-0.2, 0) is 11.3 Å². The van der Waals surface area contributed by atoms with E-state index in [2.05, 4.69) is 25.4 Å². The lowest BCUT2D eigenvalue weighted by Gasteiger charge is -2.38. The lowest BCUT2D eigenvalue weighted by atomic mass is 9.77. The highest BCUT2D eigenvalue weighted by molar-refractivity contribution is 5.85. The lowest BCUT2D eigenvalue weighted by Crippen LogP contribution is -2.44. The van der Waals surface area contributed by atoms with Crippen molar-refractivity contribution in [2.45, 2.75) is 25.8 Å². The predicted octanol–water partition coefficient (Wildman–Crippen LogP) is 2.68. The summed E-state index contributed by atoms with van der Waals surface area (Å²) in [5.74, 6) is 1.83. The second kappa shape index (κ2) is 8.43. The number of benzene rings is 1.